The summed E-state index contributed by atoms with van der Waals surface area (Å²) in [6, 6.07) is 0.440. The van der Waals surface area contributed by atoms with Crippen molar-refractivity contribution in [2.45, 2.75) is 65.1 Å². The van der Waals surface area contributed by atoms with E-state index in [2.05, 4.69) is 24.3 Å². The van der Waals surface area contributed by atoms with Gasteiger partial charge in [0.25, 0.3) is 0 Å². The smallest absolute Gasteiger partial charge is 0.314 e. The van der Waals surface area contributed by atoms with E-state index >= 15 is 0 Å². The maximum Gasteiger partial charge on any atom is 0.345 e. The van der Waals surface area contributed by atoms with Gasteiger partial charge >= 0.3 is 5.69 Å². The van der Waals surface area contributed by atoms with E-state index in [-0.39, 0.29) is 5.69 Å². The first-order valence-electron chi connectivity index (χ1n) is 7.12. The summed E-state index contributed by atoms with van der Waals surface area (Å²) in [7, 11) is 0. The van der Waals surface area contributed by atoms with Gasteiger partial charge in [0.1, 0.15) is 5.82 Å². The topological polar surface area (TPSA) is 51.9 Å². The minimum absolute atomic E-state index is 0.0763. The summed E-state index contributed by atoms with van der Waals surface area (Å²) in [6.07, 6.45) is 5.31. The fraction of sp³-hybridized carbons (Fsp3) is 0.846. The van der Waals surface area contributed by atoms with Gasteiger partial charge in [0, 0.05) is 25.6 Å². The highest BCUT2D eigenvalue weighted by molar-refractivity contribution is 4.91. The number of fused-ring (bicyclic) bond motifs is 1. The van der Waals surface area contributed by atoms with Gasteiger partial charge in [-0.2, -0.15) is 5.10 Å². The van der Waals surface area contributed by atoms with E-state index < -0.39 is 0 Å². The summed E-state index contributed by atoms with van der Waals surface area (Å²) in [5, 5.41) is 7.88. The molecule has 0 aromatic carbocycles. The van der Waals surface area contributed by atoms with Gasteiger partial charge in [-0.25, -0.2) is 9.48 Å². The normalized spacial score (nSPS) is 16.6. The van der Waals surface area contributed by atoms with Gasteiger partial charge in [-0.15, -0.1) is 0 Å². The average Bonchev–Trinajstić information content (AvgIpc) is 2.71. The highest BCUT2D eigenvalue weighted by Crippen LogP contribution is 2.09. The number of hydrogen-bond donors (Lipinski definition) is 1. The van der Waals surface area contributed by atoms with Gasteiger partial charge in [-0.05, 0) is 39.2 Å². The lowest BCUT2D eigenvalue weighted by Crippen LogP contribution is -2.31. The third kappa shape index (κ3) is 3.02. The molecule has 1 aliphatic heterocycles. The van der Waals surface area contributed by atoms with Crippen LogP contribution in [0.3, 0.4) is 0 Å². The summed E-state index contributed by atoms with van der Waals surface area (Å²) in [5.41, 5.74) is 0.0763. The molecule has 5 heteroatoms. The molecule has 0 fully saturated rings. The minimum Gasteiger partial charge on any atom is -0.314 e. The van der Waals surface area contributed by atoms with Crippen LogP contribution in [0, 0.1) is 0 Å². The Bertz CT molecular complexity index is 435. The van der Waals surface area contributed by atoms with Gasteiger partial charge in [-0.1, -0.05) is 6.92 Å². The van der Waals surface area contributed by atoms with E-state index in [1.165, 1.54) is 0 Å². The second kappa shape index (κ2) is 6.18. The number of rotatable bonds is 6. The SMILES string of the molecule is CCCNC(C)CCn1nc2n(c1=O)CCCC2. The number of aryl methyl sites for hydroxylation is 2. The first-order chi connectivity index (χ1) is 8.72. The van der Waals surface area contributed by atoms with Crippen molar-refractivity contribution < 1.29 is 0 Å². The number of nitrogens with one attached hydrogen (secondary N) is 1. The fourth-order valence-electron chi connectivity index (χ4n) is 2.40. The molecule has 1 aromatic heterocycles. The van der Waals surface area contributed by atoms with Gasteiger partial charge in [0.05, 0.1) is 0 Å². The van der Waals surface area contributed by atoms with Crippen molar-refractivity contribution in [3.05, 3.63) is 16.3 Å². The molecule has 1 N–H and O–H groups in total. The standard InChI is InChI=1S/C13H24N4O/c1-3-8-14-11(2)7-10-17-13(18)16-9-5-4-6-12(16)15-17/h11,14H,3-10H2,1-2H3. The molecule has 2 heterocycles. The second-order valence-electron chi connectivity index (χ2n) is 5.17. The van der Waals surface area contributed by atoms with Crippen LogP contribution in [0.4, 0.5) is 0 Å². The van der Waals surface area contributed by atoms with Crippen LogP contribution in [-0.4, -0.2) is 26.9 Å². The lowest BCUT2D eigenvalue weighted by Gasteiger charge is -2.12. The molecule has 1 aliphatic rings. The molecular formula is C13H24N4O. The van der Waals surface area contributed by atoms with Crippen molar-refractivity contribution in [3.8, 4) is 0 Å². The summed E-state index contributed by atoms with van der Waals surface area (Å²) >= 11 is 0. The van der Waals surface area contributed by atoms with Crippen LogP contribution in [0.2, 0.25) is 0 Å². The van der Waals surface area contributed by atoms with Crippen molar-refractivity contribution in [1.82, 2.24) is 19.7 Å². The molecule has 0 bridgehead atoms. The van der Waals surface area contributed by atoms with Crippen molar-refractivity contribution in [3.63, 3.8) is 0 Å². The molecule has 0 spiro atoms. The lowest BCUT2D eigenvalue weighted by molar-refractivity contribution is 0.449. The Hall–Kier alpha value is -1.10. The van der Waals surface area contributed by atoms with Crippen molar-refractivity contribution in [2.75, 3.05) is 6.54 Å². The molecule has 0 saturated heterocycles. The van der Waals surface area contributed by atoms with E-state index in [0.717, 1.165) is 57.6 Å². The van der Waals surface area contributed by atoms with Crippen LogP contribution in [0.1, 0.15) is 45.4 Å². The van der Waals surface area contributed by atoms with E-state index in [9.17, 15) is 4.79 Å². The molecule has 2 rings (SSSR count). The Morgan fingerprint density at radius 3 is 3.00 bits per heavy atom. The monoisotopic (exact) mass is 252 g/mol. The summed E-state index contributed by atoms with van der Waals surface area (Å²) in [6.45, 7) is 6.93. The highest BCUT2D eigenvalue weighted by atomic mass is 16.2. The number of aromatic nitrogens is 3. The molecular weight excluding hydrogens is 228 g/mol. The molecule has 0 radical (unpaired) electrons. The zero-order chi connectivity index (χ0) is 13.0. The zero-order valence-corrected chi connectivity index (χ0v) is 11.5. The van der Waals surface area contributed by atoms with Gasteiger partial charge < -0.3 is 5.32 Å². The predicted octanol–water partition coefficient (Wildman–Crippen LogP) is 1.16. The Morgan fingerprint density at radius 1 is 1.44 bits per heavy atom. The maximum atomic E-state index is 12.1. The Morgan fingerprint density at radius 2 is 2.28 bits per heavy atom. The maximum absolute atomic E-state index is 12.1. The third-order valence-electron chi connectivity index (χ3n) is 3.55. The van der Waals surface area contributed by atoms with E-state index in [0.29, 0.717) is 6.04 Å². The van der Waals surface area contributed by atoms with Crippen LogP contribution in [0.5, 0.6) is 0 Å². The summed E-state index contributed by atoms with van der Waals surface area (Å²) in [4.78, 5) is 12.1. The molecule has 0 saturated carbocycles. The fourth-order valence-corrected chi connectivity index (χ4v) is 2.40. The lowest BCUT2D eigenvalue weighted by atomic mass is 10.2. The zero-order valence-electron chi connectivity index (χ0n) is 11.5. The molecule has 0 amide bonds. The Labute approximate surface area is 108 Å². The first-order valence-corrected chi connectivity index (χ1v) is 7.12. The van der Waals surface area contributed by atoms with Gasteiger partial charge in [0.2, 0.25) is 0 Å². The molecule has 18 heavy (non-hydrogen) atoms. The quantitative estimate of drug-likeness (QED) is 0.826. The molecule has 1 atom stereocenters. The molecule has 102 valence electrons. The molecule has 5 nitrogen and oxygen atoms in total. The summed E-state index contributed by atoms with van der Waals surface area (Å²) < 4.78 is 3.48. The minimum atomic E-state index is 0.0763. The average molecular weight is 252 g/mol. The largest absolute Gasteiger partial charge is 0.345 e. The van der Waals surface area contributed by atoms with E-state index in [1.807, 2.05) is 4.57 Å². The van der Waals surface area contributed by atoms with Crippen molar-refractivity contribution in [1.29, 1.82) is 0 Å². The summed E-state index contributed by atoms with van der Waals surface area (Å²) in [5.74, 6) is 0.973. The highest BCUT2D eigenvalue weighted by Gasteiger charge is 2.16. The number of hydrogen-bond acceptors (Lipinski definition) is 3. The van der Waals surface area contributed by atoms with Crippen LogP contribution in [0.25, 0.3) is 0 Å². The van der Waals surface area contributed by atoms with Crippen LogP contribution in [-0.2, 0) is 19.5 Å². The van der Waals surface area contributed by atoms with Crippen LogP contribution < -0.4 is 11.0 Å². The molecule has 1 aromatic rings. The molecule has 0 aliphatic carbocycles. The van der Waals surface area contributed by atoms with Gasteiger partial charge in [-0.3, -0.25) is 4.57 Å². The first kappa shape index (κ1) is 13.3. The van der Waals surface area contributed by atoms with Crippen LogP contribution >= 0.6 is 0 Å². The Kier molecular flexibility index (Phi) is 4.58. The molecule has 1 unspecified atom stereocenters. The Balaban J connectivity index is 1.93. The van der Waals surface area contributed by atoms with Crippen molar-refractivity contribution in [2.24, 2.45) is 0 Å². The van der Waals surface area contributed by atoms with E-state index in [4.69, 9.17) is 0 Å². The second-order valence-corrected chi connectivity index (χ2v) is 5.17. The van der Waals surface area contributed by atoms with Crippen molar-refractivity contribution >= 4 is 0 Å². The van der Waals surface area contributed by atoms with Gasteiger partial charge in [0.15, 0.2) is 0 Å². The predicted molar refractivity (Wildman–Crippen MR) is 71.8 cm³/mol. The third-order valence-corrected chi connectivity index (χ3v) is 3.55. The number of nitrogens with zero attached hydrogens (tertiary/aromatic N) is 3. The van der Waals surface area contributed by atoms with E-state index in [1.54, 1.807) is 4.68 Å². The van der Waals surface area contributed by atoms with Crippen LogP contribution in [0.15, 0.2) is 4.79 Å².